The lowest BCUT2D eigenvalue weighted by atomic mass is 10.5. The van der Waals surface area contributed by atoms with Gasteiger partial charge in [-0.05, 0) is 6.42 Å². The Bertz CT molecular complexity index is 88.3. The molecular weight excluding hydrogens is 114 g/mol. The van der Waals surface area contributed by atoms with E-state index in [0.29, 0.717) is 0 Å². The van der Waals surface area contributed by atoms with Gasteiger partial charge in [-0.1, -0.05) is 6.92 Å². The van der Waals surface area contributed by atoms with Gasteiger partial charge in [-0.3, -0.25) is 4.99 Å². The second-order valence-corrected chi connectivity index (χ2v) is 1.75. The average Bonchev–Trinajstić information content (AvgIpc) is 1.91. The third kappa shape index (κ3) is 3.82. The van der Waals surface area contributed by atoms with E-state index >= 15 is 0 Å². The highest BCUT2D eigenvalue weighted by atomic mass is 15.1. The monoisotopic (exact) mass is 129 g/mol. The van der Waals surface area contributed by atoms with Crippen LogP contribution < -0.4 is 10.6 Å². The summed E-state index contributed by atoms with van der Waals surface area (Å²) in [4.78, 5) is 3.94. The van der Waals surface area contributed by atoms with Crippen LogP contribution in [-0.4, -0.2) is 26.6 Å². The molecule has 0 aliphatic rings. The molecule has 0 amide bonds. The van der Waals surface area contributed by atoms with Crippen molar-refractivity contribution in [3.05, 3.63) is 0 Å². The first-order valence-electron chi connectivity index (χ1n) is 3.23. The second kappa shape index (κ2) is 5.41. The molecule has 0 unspecified atom stereocenters. The van der Waals surface area contributed by atoms with Crippen LogP contribution in [0.2, 0.25) is 0 Å². The molecule has 0 aromatic carbocycles. The van der Waals surface area contributed by atoms with Crippen LogP contribution >= 0.6 is 0 Å². The lowest BCUT2D eigenvalue weighted by Gasteiger charge is -2.05. The molecule has 3 heteroatoms. The van der Waals surface area contributed by atoms with Gasteiger partial charge in [-0.2, -0.15) is 0 Å². The summed E-state index contributed by atoms with van der Waals surface area (Å²) in [5.74, 6) is 0.858. The van der Waals surface area contributed by atoms with Crippen LogP contribution in [0.4, 0.5) is 0 Å². The van der Waals surface area contributed by atoms with Crippen LogP contribution in [0.1, 0.15) is 13.3 Å². The standard InChI is InChI=1S/C6H15N3/c1-4-5-9-6(7-2)8-3/h4-5H2,1-3H3,(H2,7,8,9). The van der Waals surface area contributed by atoms with Crippen molar-refractivity contribution >= 4 is 5.96 Å². The number of hydrogen-bond donors (Lipinski definition) is 2. The van der Waals surface area contributed by atoms with Gasteiger partial charge < -0.3 is 10.6 Å². The van der Waals surface area contributed by atoms with Gasteiger partial charge in [0.25, 0.3) is 0 Å². The Hall–Kier alpha value is -0.730. The Morgan fingerprint density at radius 2 is 2.22 bits per heavy atom. The molecule has 54 valence electrons. The van der Waals surface area contributed by atoms with Crippen LogP contribution in [-0.2, 0) is 0 Å². The molecule has 0 aromatic rings. The molecule has 0 bridgehead atoms. The van der Waals surface area contributed by atoms with Crippen molar-refractivity contribution in [2.75, 3.05) is 20.6 Å². The fourth-order valence-corrected chi connectivity index (χ4v) is 0.523. The van der Waals surface area contributed by atoms with Gasteiger partial charge in [-0.15, -0.1) is 0 Å². The summed E-state index contributed by atoms with van der Waals surface area (Å²) in [5.41, 5.74) is 0. The summed E-state index contributed by atoms with van der Waals surface area (Å²) in [6.07, 6.45) is 1.13. The summed E-state index contributed by atoms with van der Waals surface area (Å²) in [6, 6.07) is 0. The largest absolute Gasteiger partial charge is 0.359 e. The summed E-state index contributed by atoms with van der Waals surface area (Å²) < 4.78 is 0. The minimum absolute atomic E-state index is 0.858. The van der Waals surface area contributed by atoms with E-state index in [1.54, 1.807) is 7.05 Å². The highest BCUT2D eigenvalue weighted by molar-refractivity contribution is 5.79. The van der Waals surface area contributed by atoms with E-state index < -0.39 is 0 Å². The highest BCUT2D eigenvalue weighted by Crippen LogP contribution is 1.69. The quantitative estimate of drug-likeness (QED) is 0.412. The van der Waals surface area contributed by atoms with Crippen LogP contribution in [0.15, 0.2) is 4.99 Å². The predicted octanol–water partition coefficient (Wildman–Crippen LogP) is 0.191. The maximum Gasteiger partial charge on any atom is 0.190 e. The number of hydrogen-bond acceptors (Lipinski definition) is 1. The van der Waals surface area contributed by atoms with Gasteiger partial charge in [-0.25, -0.2) is 0 Å². The van der Waals surface area contributed by atoms with Gasteiger partial charge in [0.15, 0.2) is 5.96 Å². The number of rotatable bonds is 2. The Balaban J connectivity index is 3.33. The molecule has 0 atom stereocenters. The van der Waals surface area contributed by atoms with E-state index in [1.807, 2.05) is 7.05 Å². The van der Waals surface area contributed by atoms with Gasteiger partial charge in [0.1, 0.15) is 0 Å². The zero-order chi connectivity index (χ0) is 7.11. The first kappa shape index (κ1) is 8.27. The Morgan fingerprint density at radius 1 is 1.56 bits per heavy atom. The third-order valence-corrected chi connectivity index (χ3v) is 1.00. The zero-order valence-electron chi connectivity index (χ0n) is 6.36. The summed E-state index contributed by atoms with van der Waals surface area (Å²) in [7, 11) is 3.61. The van der Waals surface area contributed by atoms with E-state index in [4.69, 9.17) is 0 Å². The van der Waals surface area contributed by atoms with E-state index in [9.17, 15) is 0 Å². The molecule has 0 aliphatic heterocycles. The van der Waals surface area contributed by atoms with E-state index in [-0.39, 0.29) is 0 Å². The minimum Gasteiger partial charge on any atom is -0.359 e. The SMILES string of the molecule is CCCN/C(=N/C)NC. The normalized spacial score (nSPS) is 11.2. The van der Waals surface area contributed by atoms with Crippen molar-refractivity contribution in [3.8, 4) is 0 Å². The lowest BCUT2D eigenvalue weighted by molar-refractivity contribution is 0.813. The molecule has 2 N–H and O–H groups in total. The van der Waals surface area contributed by atoms with Crippen molar-refractivity contribution in [1.82, 2.24) is 10.6 Å². The molecule has 0 spiro atoms. The van der Waals surface area contributed by atoms with Crippen molar-refractivity contribution < 1.29 is 0 Å². The molecule has 9 heavy (non-hydrogen) atoms. The minimum atomic E-state index is 0.858. The van der Waals surface area contributed by atoms with Gasteiger partial charge in [0.2, 0.25) is 0 Å². The fourth-order valence-electron chi connectivity index (χ4n) is 0.523. The maximum atomic E-state index is 3.94. The fraction of sp³-hybridized carbons (Fsp3) is 0.833. The van der Waals surface area contributed by atoms with Gasteiger partial charge >= 0.3 is 0 Å². The van der Waals surface area contributed by atoms with Crippen molar-refractivity contribution in [2.45, 2.75) is 13.3 Å². The highest BCUT2D eigenvalue weighted by Gasteiger charge is 1.86. The van der Waals surface area contributed by atoms with E-state index in [0.717, 1.165) is 18.9 Å². The second-order valence-electron chi connectivity index (χ2n) is 1.75. The number of nitrogens with one attached hydrogen (secondary N) is 2. The third-order valence-electron chi connectivity index (χ3n) is 1.00. The Kier molecular flexibility index (Phi) is 4.97. The Labute approximate surface area is 56.6 Å². The topological polar surface area (TPSA) is 36.4 Å². The van der Waals surface area contributed by atoms with Crippen molar-refractivity contribution in [3.63, 3.8) is 0 Å². The van der Waals surface area contributed by atoms with Crippen LogP contribution in [0.3, 0.4) is 0 Å². The van der Waals surface area contributed by atoms with E-state index in [2.05, 4.69) is 22.5 Å². The first-order valence-corrected chi connectivity index (χ1v) is 3.23. The van der Waals surface area contributed by atoms with Crippen LogP contribution in [0.25, 0.3) is 0 Å². The summed E-state index contributed by atoms with van der Waals surface area (Å²) in [5, 5.41) is 6.03. The number of aliphatic imine (C=N–C) groups is 1. The molecule has 0 fully saturated rings. The van der Waals surface area contributed by atoms with E-state index in [1.165, 1.54) is 0 Å². The van der Waals surface area contributed by atoms with Gasteiger partial charge in [0, 0.05) is 20.6 Å². The van der Waals surface area contributed by atoms with Crippen LogP contribution in [0, 0.1) is 0 Å². The van der Waals surface area contributed by atoms with Crippen LogP contribution in [0.5, 0.6) is 0 Å². The molecule has 0 radical (unpaired) electrons. The molecule has 3 nitrogen and oxygen atoms in total. The first-order chi connectivity index (χ1) is 4.35. The smallest absolute Gasteiger partial charge is 0.190 e. The molecule has 0 aliphatic carbocycles. The number of nitrogens with zero attached hydrogens (tertiary/aromatic N) is 1. The lowest BCUT2D eigenvalue weighted by Crippen LogP contribution is -2.34. The predicted molar refractivity (Wildman–Crippen MR) is 40.7 cm³/mol. The molecule has 0 saturated heterocycles. The Morgan fingerprint density at radius 3 is 2.56 bits per heavy atom. The molecular formula is C6H15N3. The number of guanidine groups is 1. The molecule has 0 rings (SSSR count). The average molecular weight is 129 g/mol. The van der Waals surface area contributed by atoms with Crippen molar-refractivity contribution in [2.24, 2.45) is 4.99 Å². The maximum absolute atomic E-state index is 3.94. The molecule has 0 saturated carbocycles. The summed E-state index contributed by atoms with van der Waals surface area (Å²) >= 11 is 0. The zero-order valence-corrected chi connectivity index (χ0v) is 6.36. The summed E-state index contributed by atoms with van der Waals surface area (Å²) in [6.45, 7) is 3.10. The van der Waals surface area contributed by atoms with Crippen molar-refractivity contribution in [1.29, 1.82) is 0 Å². The molecule has 0 heterocycles. The molecule has 0 aromatic heterocycles. The van der Waals surface area contributed by atoms with Gasteiger partial charge in [0.05, 0.1) is 0 Å².